The predicted octanol–water partition coefficient (Wildman–Crippen LogP) is 1.49. The van der Waals surface area contributed by atoms with Crippen molar-refractivity contribution in [2.24, 2.45) is 0 Å². The summed E-state index contributed by atoms with van der Waals surface area (Å²) < 4.78 is 22.8. The zero-order chi connectivity index (χ0) is 13.5. The zero-order valence-electron chi connectivity index (χ0n) is 10.8. The topological polar surface area (TPSA) is 47.6 Å². The highest BCUT2D eigenvalue weighted by molar-refractivity contribution is 5.78. The molecule has 18 heavy (non-hydrogen) atoms. The SMILES string of the molecule is COC(OC)C(C)NC(=O)Cc1ccc(F)cc1. The lowest BCUT2D eigenvalue weighted by Gasteiger charge is -2.22. The molecule has 0 heterocycles. The molecule has 0 spiro atoms. The molecule has 0 aliphatic rings. The van der Waals surface area contributed by atoms with Crippen LogP contribution in [0.4, 0.5) is 4.39 Å². The molecule has 1 atom stereocenters. The maximum Gasteiger partial charge on any atom is 0.224 e. The van der Waals surface area contributed by atoms with Crippen LogP contribution in [0.25, 0.3) is 0 Å². The van der Waals surface area contributed by atoms with Crippen molar-refractivity contribution in [3.05, 3.63) is 35.6 Å². The number of rotatable bonds is 6. The van der Waals surface area contributed by atoms with Crippen LogP contribution in [0.2, 0.25) is 0 Å². The average Bonchev–Trinajstić information content (AvgIpc) is 2.33. The van der Waals surface area contributed by atoms with Gasteiger partial charge < -0.3 is 14.8 Å². The third-order valence-electron chi connectivity index (χ3n) is 2.54. The van der Waals surface area contributed by atoms with Gasteiger partial charge in [0.15, 0.2) is 6.29 Å². The molecular weight excluding hydrogens is 237 g/mol. The molecule has 0 saturated carbocycles. The maximum atomic E-state index is 12.7. The van der Waals surface area contributed by atoms with Crippen LogP contribution >= 0.6 is 0 Å². The van der Waals surface area contributed by atoms with E-state index in [0.717, 1.165) is 5.56 Å². The third-order valence-corrected chi connectivity index (χ3v) is 2.54. The first-order valence-electron chi connectivity index (χ1n) is 5.66. The normalized spacial score (nSPS) is 12.5. The molecule has 1 rings (SSSR count). The molecule has 1 unspecified atom stereocenters. The highest BCUT2D eigenvalue weighted by Crippen LogP contribution is 2.04. The van der Waals surface area contributed by atoms with E-state index in [1.54, 1.807) is 19.1 Å². The molecule has 4 nitrogen and oxygen atoms in total. The number of carbonyl (C=O) groups is 1. The third kappa shape index (κ3) is 4.43. The quantitative estimate of drug-likeness (QED) is 0.783. The van der Waals surface area contributed by atoms with Gasteiger partial charge in [0.2, 0.25) is 5.91 Å². The van der Waals surface area contributed by atoms with Crippen molar-refractivity contribution >= 4 is 5.91 Å². The first-order valence-corrected chi connectivity index (χ1v) is 5.66. The lowest BCUT2D eigenvalue weighted by molar-refractivity contribution is -0.135. The van der Waals surface area contributed by atoms with Gasteiger partial charge in [-0.15, -0.1) is 0 Å². The molecule has 0 radical (unpaired) electrons. The Morgan fingerprint density at radius 3 is 2.33 bits per heavy atom. The van der Waals surface area contributed by atoms with Gasteiger partial charge in [-0.25, -0.2) is 4.39 Å². The summed E-state index contributed by atoms with van der Waals surface area (Å²) in [7, 11) is 3.02. The molecule has 5 heteroatoms. The fraction of sp³-hybridized carbons (Fsp3) is 0.462. The standard InChI is InChI=1S/C13H18FNO3/c1-9(13(17-2)18-3)15-12(16)8-10-4-6-11(14)7-5-10/h4-7,9,13H,8H2,1-3H3,(H,15,16). The molecule has 1 aromatic rings. The lowest BCUT2D eigenvalue weighted by atomic mass is 10.1. The summed E-state index contributed by atoms with van der Waals surface area (Å²) in [5.41, 5.74) is 0.757. The molecule has 1 aromatic carbocycles. The minimum Gasteiger partial charge on any atom is -0.354 e. The fourth-order valence-corrected chi connectivity index (χ4v) is 1.67. The highest BCUT2D eigenvalue weighted by atomic mass is 19.1. The van der Waals surface area contributed by atoms with E-state index in [-0.39, 0.29) is 24.2 Å². The number of hydrogen-bond acceptors (Lipinski definition) is 3. The Morgan fingerprint density at radius 2 is 1.83 bits per heavy atom. The fourth-order valence-electron chi connectivity index (χ4n) is 1.67. The first-order chi connectivity index (χ1) is 8.56. The van der Waals surface area contributed by atoms with Crippen molar-refractivity contribution in [3.8, 4) is 0 Å². The van der Waals surface area contributed by atoms with Gasteiger partial charge in [-0.05, 0) is 24.6 Å². The Labute approximate surface area is 106 Å². The van der Waals surface area contributed by atoms with Gasteiger partial charge in [0.1, 0.15) is 5.82 Å². The van der Waals surface area contributed by atoms with E-state index in [1.165, 1.54) is 26.4 Å². The van der Waals surface area contributed by atoms with Crippen LogP contribution in [0, 0.1) is 5.82 Å². The van der Waals surface area contributed by atoms with Gasteiger partial charge in [0, 0.05) is 14.2 Å². The summed E-state index contributed by atoms with van der Waals surface area (Å²) in [5, 5.41) is 2.76. The van der Waals surface area contributed by atoms with E-state index in [0.29, 0.717) is 0 Å². The molecule has 1 amide bonds. The summed E-state index contributed by atoms with van der Waals surface area (Å²) in [5.74, 6) is -0.473. The number of benzene rings is 1. The predicted molar refractivity (Wildman–Crippen MR) is 65.5 cm³/mol. The van der Waals surface area contributed by atoms with Crippen LogP contribution in [0.5, 0.6) is 0 Å². The summed E-state index contributed by atoms with van der Waals surface area (Å²) in [4.78, 5) is 11.7. The van der Waals surface area contributed by atoms with Crippen molar-refractivity contribution in [2.75, 3.05) is 14.2 Å². The van der Waals surface area contributed by atoms with Gasteiger partial charge in [0.25, 0.3) is 0 Å². The number of hydrogen-bond donors (Lipinski definition) is 1. The largest absolute Gasteiger partial charge is 0.354 e. The minimum absolute atomic E-state index is 0.159. The van der Waals surface area contributed by atoms with Crippen molar-refractivity contribution in [3.63, 3.8) is 0 Å². The molecule has 0 aromatic heterocycles. The number of amides is 1. The van der Waals surface area contributed by atoms with E-state index in [2.05, 4.69) is 5.32 Å². The Bertz CT molecular complexity index is 376. The monoisotopic (exact) mass is 255 g/mol. The number of carbonyl (C=O) groups excluding carboxylic acids is 1. The smallest absolute Gasteiger partial charge is 0.224 e. The van der Waals surface area contributed by atoms with Crippen molar-refractivity contribution in [2.45, 2.75) is 25.7 Å². The molecular formula is C13H18FNO3. The molecule has 0 bridgehead atoms. The van der Waals surface area contributed by atoms with Crippen LogP contribution < -0.4 is 5.32 Å². The molecule has 0 aliphatic carbocycles. The number of methoxy groups -OCH3 is 2. The highest BCUT2D eigenvalue weighted by Gasteiger charge is 2.17. The molecule has 1 N–H and O–H groups in total. The Morgan fingerprint density at radius 1 is 1.28 bits per heavy atom. The van der Waals surface area contributed by atoms with Crippen LogP contribution in [0.15, 0.2) is 24.3 Å². The summed E-state index contributed by atoms with van der Waals surface area (Å²) in [6.45, 7) is 1.79. The molecule has 100 valence electrons. The van der Waals surface area contributed by atoms with Gasteiger partial charge in [-0.1, -0.05) is 12.1 Å². The van der Waals surface area contributed by atoms with E-state index in [4.69, 9.17) is 9.47 Å². The second-order valence-electron chi connectivity index (χ2n) is 4.00. The van der Waals surface area contributed by atoms with Gasteiger partial charge in [0.05, 0.1) is 12.5 Å². The van der Waals surface area contributed by atoms with Crippen molar-refractivity contribution < 1.29 is 18.7 Å². The Balaban J connectivity index is 2.48. The number of ether oxygens (including phenoxy) is 2. The van der Waals surface area contributed by atoms with E-state index in [9.17, 15) is 9.18 Å². The number of halogens is 1. The molecule has 0 fully saturated rings. The maximum absolute atomic E-state index is 12.7. The van der Waals surface area contributed by atoms with Gasteiger partial charge in [-0.3, -0.25) is 4.79 Å². The summed E-state index contributed by atoms with van der Waals surface area (Å²) in [6.07, 6.45) is -0.285. The molecule has 0 saturated heterocycles. The van der Waals surface area contributed by atoms with E-state index < -0.39 is 6.29 Å². The summed E-state index contributed by atoms with van der Waals surface area (Å²) in [6, 6.07) is 5.58. The molecule has 0 aliphatic heterocycles. The second kappa shape index (κ2) is 7.08. The van der Waals surface area contributed by atoms with Gasteiger partial charge in [-0.2, -0.15) is 0 Å². The van der Waals surface area contributed by atoms with E-state index >= 15 is 0 Å². The summed E-state index contributed by atoms with van der Waals surface area (Å²) >= 11 is 0. The van der Waals surface area contributed by atoms with Crippen molar-refractivity contribution in [1.29, 1.82) is 0 Å². The Kier molecular flexibility index (Phi) is 5.74. The first kappa shape index (κ1) is 14.6. The van der Waals surface area contributed by atoms with Gasteiger partial charge >= 0.3 is 0 Å². The minimum atomic E-state index is -0.484. The lowest BCUT2D eigenvalue weighted by Crippen LogP contribution is -2.43. The van der Waals surface area contributed by atoms with Crippen LogP contribution in [0.1, 0.15) is 12.5 Å². The van der Waals surface area contributed by atoms with Crippen LogP contribution in [-0.4, -0.2) is 32.5 Å². The zero-order valence-corrected chi connectivity index (χ0v) is 10.8. The van der Waals surface area contributed by atoms with E-state index in [1.807, 2.05) is 0 Å². The van der Waals surface area contributed by atoms with Crippen LogP contribution in [0.3, 0.4) is 0 Å². The van der Waals surface area contributed by atoms with Crippen LogP contribution in [-0.2, 0) is 20.7 Å². The average molecular weight is 255 g/mol. The second-order valence-corrected chi connectivity index (χ2v) is 4.00. The Hall–Kier alpha value is -1.46. The number of nitrogens with one attached hydrogen (secondary N) is 1. The van der Waals surface area contributed by atoms with Crippen molar-refractivity contribution in [1.82, 2.24) is 5.32 Å².